The first kappa shape index (κ1) is 13.3. The quantitative estimate of drug-likeness (QED) is 0.935. The second-order valence-electron chi connectivity index (χ2n) is 3.95. The molecule has 1 aromatic carbocycles. The Hall–Kier alpha value is -1.16. The van der Waals surface area contributed by atoms with Gasteiger partial charge >= 0.3 is 0 Å². The first-order valence-corrected chi connectivity index (χ1v) is 6.32. The second-order valence-corrected chi connectivity index (χ2v) is 4.80. The Morgan fingerprint density at radius 2 is 1.94 bits per heavy atom. The Morgan fingerprint density at radius 1 is 1.22 bits per heavy atom. The molecule has 1 N–H and O–H groups in total. The van der Waals surface area contributed by atoms with Crippen LogP contribution in [-0.4, -0.2) is 17.0 Å². The maximum absolute atomic E-state index is 6.17. The van der Waals surface area contributed by atoms with Gasteiger partial charge in [-0.3, -0.25) is 0 Å². The molecule has 1 aromatic heterocycles. The van der Waals surface area contributed by atoms with Gasteiger partial charge in [0.2, 0.25) is 0 Å². The summed E-state index contributed by atoms with van der Waals surface area (Å²) in [6.45, 7) is 0. The molecule has 3 nitrogen and oxygen atoms in total. The van der Waals surface area contributed by atoms with E-state index in [0.29, 0.717) is 5.02 Å². The summed E-state index contributed by atoms with van der Waals surface area (Å²) in [5.41, 5.74) is 2.03. The average molecular weight is 282 g/mol. The lowest BCUT2D eigenvalue weighted by Crippen LogP contribution is -2.19. The predicted octanol–water partition coefficient (Wildman–Crippen LogP) is 3.29. The average Bonchev–Trinajstić information content (AvgIpc) is 2.41. The second kappa shape index (κ2) is 6.14. The molecule has 0 aliphatic rings. The van der Waals surface area contributed by atoms with Gasteiger partial charge in [-0.2, -0.15) is 0 Å². The van der Waals surface area contributed by atoms with Crippen LogP contribution in [0.5, 0.6) is 0 Å². The van der Waals surface area contributed by atoms with Crippen molar-refractivity contribution in [2.45, 2.75) is 12.5 Å². The SMILES string of the molecule is CNC(Cc1cc(Cl)ccc1Cl)c1cncnc1. The molecular formula is C13H13Cl2N3. The van der Waals surface area contributed by atoms with E-state index in [0.717, 1.165) is 22.6 Å². The third-order valence-electron chi connectivity index (χ3n) is 2.76. The monoisotopic (exact) mass is 281 g/mol. The zero-order valence-corrected chi connectivity index (χ0v) is 11.4. The van der Waals surface area contributed by atoms with E-state index < -0.39 is 0 Å². The van der Waals surface area contributed by atoms with Crippen molar-refractivity contribution >= 4 is 23.2 Å². The van der Waals surface area contributed by atoms with Crippen LogP contribution in [0, 0.1) is 0 Å². The van der Waals surface area contributed by atoms with E-state index in [1.54, 1.807) is 18.5 Å². The molecule has 0 amide bonds. The lowest BCUT2D eigenvalue weighted by atomic mass is 10.0. The predicted molar refractivity (Wildman–Crippen MR) is 74.0 cm³/mol. The number of halogens is 2. The lowest BCUT2D eigenvalue weighted by Gasteiger charge is -2.16. The molecule has 1 unspecified atom stereocenters. The number of rotatable bonds is 4. The summed E-state index contributed by atoms with van der Waals surface area (Å²) < 4.78 is 0. The Morgan fingerprint density at radius 3 is 2.61 bits per heavy atom. The highest BCUT2D eigenvalue weighted by atomic mass is 35.5. The summed E-state index contributed by atoms with van der Waals surface area (Å²) in [6, 6.07) is 5.60. The van der Waals surface area contributed by atoms with E-state index in [9.17, 15) is 0 Å². The van der Waals surface area contributed by atoms with E-state index in [1.807, 2.05) is 19.2 Å². The molecule has 0 aliphatic heterocycles. The number of aromatic nitrogens is 2. The molecular weight excluding hydrogens is 269 g/mol. The molecule has 0 saturated heterocycles. The molecule has 1 heterocycles. The number of likely N-dealkylation sites (N-methyl/N-ethyl adjacent to an activating group) is 1. The molecule has 0 aliphatic carbocycles. The largest absolute Gasteiger partial charge is 0.313 e. The van der Waals surface area contributed by atoms with Crippen molar-refractivity contribution in [1.82, 2.24) is 15.3 Å². The number of benzene rings is 1. The molecule has 0 fully saturated rings. The molecule has 1 atom stereocenters. The van der Waals surface area contributed by atoms with Crippen molar-refractivity contribution in [2.24, 2.45) is 0 Å². The molecule has 0 spiro atoms. The van der Waals surface area contributed by atoms with E-state index in [-0.39, 0.29) is 6.04 Å². The standard InChI is InChI=1S/C13H13Cl2N3/c1-16-13(10-6-17-8-18-7-10)5-9-4-11(14)2-3-12(9)15/h2-4,6-8,13,16H,5H2,1H3. The van der Waals surface area contributed by atoms with Gasteiger partial charge in [0, 0.05) is 34.0 Å². The molecule has 18 heavy (non-hydrogen) atoms. The maximum Gasteiger partial charge on any atom is 0.115 e. The van der Waals surface area contributed by atoms with E-state index in [4.69, 9.17) is 23.2 Å². The van der Waals surface area contributed by atoms with Crippen molar-refractivity contribution < 1.29 is 0 Å². The van der Waals surface area contributed by atoms with Crippen LogP contribution in [0.3, 0.4) is 0 Å². The molecule has 2 rings (SSSR count). The lowest BCUT2D eigenvalue weighted by molar-refractivity contribution is 0.587. The van der Waals surface area contributed by atoms with Crippen molar-refractivity contribution in [1.29, 1.82) is 0 Å². The van der Waals surface area contributed by atoms with Gasteiger partial charge in [0.15, 0.2) is 0 Å². The molecule has 0 bridgehead atoms. The van der Waals surface area contributed by atoms with Crippen LogP contribution in [0.2, 0.25) is 10.0 Å². The zero-order valence-electron chi connectivity index (χ0n) is 9.90. The molecule has 5 heteroatoms. The van der Waals surface area contributed by atoms with Crippen LogP contribution in [-0.2, 0) is 6.42 Å². The fraction of sp³-hybridized carbons (Fsp3) is 0.231. The van der Waals surface area contributed by atoms with Crippen molar-refractivity contribution in [3.8, 4) is 0 Å². The summed E-state index contributed by atoms with van der Waals surface area (Å²) in [4.78, 5) is 8.05. The van der Waals surface area contributed by atoms with Gasteiger partial charge in [-0.05, 0) is 37.2 Å². The molecule has 0 radical (unpaired) electrons. The number of nitrogens with one attached hydrogen (secondary N) is 1. The van der Waals surface area contributed by atoms with E-state index in [2.05, 4.69) is 15.3 Å². The summed E-state index contributed by atoms with van der Waals surface area (Å²) in [5, 5.41) is 4.64. The highest BCUT2D eigenvalue weighted by Crippen LogP contribution is 2.25. The summed E-state index contributed by atoms with van der Waals surface area (Å²) >= 11 is 12.2. The Bertz CT molecular complexity index is 517. The van der Waals surface area contributed by atoms with Gasteiger partial charge in [0.1, 0.15) is 6.33 Å². The van der Waals surface area contributed by atoms with Gasteiger partial charge in [-0.1, -0.05) is 23.2 Å². The molecule has 2 aromatic rings. The third kappa shape index (κ3) is 3.19. The van der Waals surface area contributed by atoms with Gasteiger partial charge in [-0.25, -0.2) is 9.97 Å². The minimum atomic E-state index is 0.113. The van der Waals surface area contributed by atoms with Crippen LogP contribution in [0.15, 0.2) is 36.9 Å². The highest BCUT2D eigenvalue weighted by Gasteiger charge is 2.13. The van der Waals surface area contributed by atoms with Crippen LogP contribution < -0.4 is 5.32 Å². The van der Waals surface area contributed by atoms with Gasteiger partial charge in [0.25, 0.3) is 0 Å². The minimum Gasteiger partial charge on any atom is -0.313 e. The summed E-state index contributed by atoms with van der Waals surface area (Å²) in [5.74, 6) is 0. The smallest absolute Gasteiger partial charge is 0.115 e. The zero-order chi connectivity index (χ0) is 13.0. The molecule has 0 saturated carbocycles. The Kier molecular flexibility index (Phi) is 4.53. The van der Waals surface area contributed by atoms with Crippen LogP contribution >= 0.6 is 23.2 Å². The van der Waals surface area contributed by atoms with Crippen molar-refractivity contribution in [2.75, 3.05) is 7.05 Å². The maximum atomic E-state index is 6.17. The summed E-state index contributed by atoms with van der Waals surface area (Å²) in [7, 11) is 1.90. The number of nitrogens with zero attached hydrogens (tertiary/aromatic N) is 2. The van der Waals surface area contributed by atoms with Gasteiger partial charge in [0.05, 0.1) is 0 Å². The first-order valence-electron chi connectivity index (χ1n) is 5.57. The highest BCUT2D eigenvalue weighted by molar-refractivity contribution is 6.33. The normalized spacial score (nSPS) is 12.4. The van der Waals surface area contributed by atoms with E-state index >= 15 is 0 Å². The van der Waals surface area contributed by atoms with Crippen LogP contribution in [0.25, 0.3) is 0 Å². The Balaban J connectivity index is 2.23. The third-order valence-corrected chi connectivity index (χ3v) is 3.37. The fourth-order valence-electron chi connectivity index (χ4n) is 1.80. The molecule has 94 valence electrons. The minimum absolute atomic E-state index is 0.113. The number of hydrogen-bond donors (Lipinski definition) is 1. The van der Waals surface area contributed by atoms with Crippen molar-refractivity contribution in [3.05, 3.63) is 58.1 Å². The van der Waals surface area contributed by atoms with Gasteiger partial charge < -0.3 is 5.32 Å². The fourth-order valence-corrected chi connectivity index (χ4v) is 2.19. The number of hydrogen-bond acceptors (Lipinski definition) is 3. The Labute approximate surface area is 116 Å². The summed E-state index contributed by atoms with van der Waals surface area (Å²) in [6.07, 6.45) is 5.85. The van der Waals surface area contributed by atoms with Gasteiger partial charge in [-0.15, -0.1) is 0 Å². The van der Waals surface area contributed by atoms with Crippen LogP contribution in [0.1, 0.15) is 17.2 Å². The van der Waals surface area contributed by atoms with E-state index in [1.165, 1.54) is 6.33 Å². The topological polar surface area (TPSA) is 37.8 Å². The van der Waals surface area contributed by atoms with Crippen molar-refractivity contribution in [3.63, 3.8) is 0 Å². The first-order chi connectivity index (χ1) is 8.70. The van der Waals surface area contributed by atoms with Crippen LogP contribution in [0.4, 0.5) is 0 Å².